The Kier molecular flexibility index (Phi) is 3.62. The molecule has 0 bridgehead atoms. The summed E-state index contributed by atoms with van der Waals surface area (Å²) in [6.07, 6.45) is 3.46. The van der Waals surface area contributed by atoms with E-state index in [0.29, 0.717) is 5.95 Å². The number of urea groups is 1. The van der Waals surface area contributed by atoms with Crippen LogP contribution in [0.2, 0.25) is 0 Å². The van der Waals surface area contributed by atoms with E-state index in [4.69, 9.17) is 0 Å². The highest BCUT2D eigenvalue weighted by Gasteiger charge is 2.09. The predicted octanol–water partition coefficient (Wildman–Crippen LogP) is 2.40. The van der Waals surface area contributed by atoms with E-state index in [2.05, 4.69) is 15.6 Å². The maximum Gasteiger partial charge on any atom is 0.321 e. The molecule has 0 aliphatic carbocycles. The SMILES string of the molecule is CC(C)NC(=O)Nc1nccn1-c1ccccc1. The summed E-state index contributed by atoms with van der Waals surface area (Å²) in [5, 5.41) is 5.48. The Balaban J connectivity index is 2.16. The molecule has 2 rings (SSSR count). The van der Waals surface area contributed by atoms with Crippen LogP contribution >= 0.6 is 0 Å². The van der Waals surface area contributed by atoms with E-state index in [1.165, 1.54) is 0 Å². The number of hydrogen-bond acceptors (Lipinski definition) is 2. The molecule has 94 valence electrons. The third-order valence-electron chi connectivity index (χ3n) is 2.32. The number of imidazole rings is 1. The fraction of sp³-hybridized carbons (Fsp3) is 0.231. The van der Waals surface area contributed by atoms with Crippen LogP contribution < -0.4 is 10.6 Å². The number of benzene rings is 1. The zero-order valence-electron chi connectivity index (χ0n) is 10.4. The molecule has 0 saturated carbocycles. The average molecular weight is 244 g/mol. The molecule has 1 aromatic carbocycles. The first-order chi connectivity index (χ1) is 8.66. The van der Waals surface area contributed by atoms with E-state index in [9.17, 15) is 4.79 Å². The number of amides is 2. The number of nitrogens with zero attached hydrogens (tertiary/aromatic N) is 2. The first-order valence-corrected chi connectivity index (χ1v) is 5.83. The van der Waals surface area contributed by atoms with Gasteiger partial charge in [-0.05, 0) is 26.0 Å². The first-order valence-electron chi connectivity index (χ1n) is 5.83. The lowest BCUT2D eigenvalue weighted by molar-refractivity contribution is 0.250. The number of anilines is 1. The van der Waals surface area contributed by atoms with Crippen LogP contribution in [0.1, 0.15) is 13.8 Å². The van der Waals surface area contributed by atoms with E-state index >= 15 is 0 Å². The monoisotopic (exact) mass is 244 g/mol. The number of carbonyl (C=O) groups excluding carboxylic acids is 1. The normalized spacial score (nSPS) is 10.4. The molecule has 0 saturated heterocycles. The fourth-order valence-electron chi connectivity index (χ4n) is 1.59. The van der Waals surface area contributed by atoms with Crippen molar-refractivity contribution in [3.63, 3.8) is 0 Å². The largest absolute Gasteiger partial charge is 0.336 e. The second-order valence-electron chi connectivity index (χ2n) is 4.21. The average Bonchev–Trinajstić information content (AvgIpc) is 2.77. The molecule has 5 heteroatoms. The van der Waals surface area contributed by atoms with Crippen molar-refractivity contribution in [2.45, 2.75) is 19.9 Å². The van der Waals surface area contributed by atoms with Gasteiger partial charge in [0.25, 0.3) is 0 Å². The molecule has 0 radical (unpaired) electrons. The molecular formula is C13H16N4O. The van der Waals surface area contributed by atoms with Crippen molar-refractivity contribution < 1.29 is 4.79 Å². The number of hydrogen-bond donors (Lipinski definition) is 2. The molecule has 0 unspecified atom stereocenters. The molecule has 0 spiro atoms. The lowest BCUT2D eigenvalue weighted by Gasteiger charge is -2.11. The van der Waals surface area contributed by atoms with Crippen LogP contribution in [0.15, 0.2) is 42.7 Å². The predicted molar refractivity (Wildman–Crippen MR) is 70.9 cm³/mol. The van der Waals surface area contributed by atoms with Gasteiger partial charge < -0.3 is 5.32 Å². The number of carbonyl (C=O) groups is 1. The number of aromatic nitrogens is 2. The minimum atomic E-state index is -0.256. The van der Waals surface area contributed by atoms with Crippen LogP contribution in [-0.4, -0.2) is 21.6 Å². The van der Waals surface area contributed by atoms with Gasteiger partial charge in [-0.15, -0.1) is 0 Å². The lowest BCUT2D eigenvalue weighted by atomic mass is 10.3. The summed E-state index contributed by atoms with van der Waals surface area (Å²) in [7, 11) is 0. The number of para-hydroxylation sites is 1. The van der Waals surface area contributed by atoms with Crippen molar-refractivity contribution in [1.82, 2.24) is 14.9 Å². The zero-order chi connectivity index (χ0) is 13.0. The fourth-order valence-corrected chi connectivity index (χ4v) is 1.59. The molecule has 0 aliphatic rings. The molecule has 1 heterocycles. The number of nitrogens with one attached hydrogen (secondary N) is 2. The second kappa shape index (κ2) is 5.35. The topological polar surface area (TPSA) is 59.0 Å². The molecule has 0 fully saturated rings. The van der Waals surface area contributed by atoms with Gasteiger partial charge >= 0.3 is 6.03 Å². The minimum absolute atomic E-state index is 0.0881. The highest BCUT2D eigenvalue weighted by atomic mass is 16.2. The van der Waals surface area contributed by atoms with E-state index in [0.717, 1.165) is 5.69 Å². The summed E-state index contributed by atoms with van der Waals surface area (Å²) in [6, 6.07) is 9.55. The van der Waals surface area contributed by atoms with Gasteiger partial charge in [0.15, 0.2) is 0 Å². The third kappa shape index (κ3) is 2.88. The van der Waals surface area contributed by atoms with Gasteiger partial charge in [-0.25, -0.2) is 9.78 Å². The lowest BCUT2D eigenvalue weighted by Crippen LogP contribution is -2.34. The van der Waals surface area contributed by atoms with Gasteiger partial charge in [-0.3, -0.25) is 9.88 Å². The van der Waals surface area contributed by atoms with Crippen molar-refractivity contribution in [3.05, 3.63) is 42.7 Å². The Morgan fingerprint density at radius 2 is 2.00 bits per heavy atom. The Hall–Kier alpha value is -2.30. The summed E-state index contributed by atoms with van der Waals surface area (Å²) in [4.78, 5) is 15.8. The minimum Gasteiger partial charge on any atom is -0.336 e. The van der Waals surface area contributed by atoms with Crippen LogP contribution in [0.5, 0.6) is 0 Å². The quantitative estimate of drug-likeness (QED) is 0.871. The Morgan fingerprint density at radius 3 is 2.67 bits per heavy atom. The molecule has 18 heavy (non-hydrogen) atoms. The molecule has 2 aromatic rings. The molecule has 0 aliphatic heterocycles. The van der Waals surface area contributed by atoms with E-state index in [1.54, 1.807) is 12.4 Å². The summed E-state index contributed by atoms with van der Waals surface area (Å²) in [5.74, 6) is 0.499. The second-order valence-corrected chi connectivity index (χ2v) is 4.21. The summed E-state index contributed by atoms with van der Waals surface area (Å²) in [6.45, 7) is 3.81. The molecule has 5 nitrogen and oxygen atoms in total. The maximum absolute atomic E-state index is 11.6. The summed E-state index contributed by atoms with van der Waals surface area (Å²) >= 11 is 0. The molecule has 2 N–H and O–H groups in total. The highest BCUT2D eigenvalue weighted by molar-refractivity contribution is 5.87. The van der Waals surface area contributed by atoms with Crippen LogP contribution in [0.4, 0.5) is 10.7 Å². The van der Waals surface area contributed by atoms with Crippen LogP contribution in [0.3, 0.4) is 0 Å². The first kappa shape index (κ1) is 12.2. The molecular weight excluding hydrogens is 228 g/mol. The highest BCUT2D eigenvalue weighted by Crippen LogP contribution is 2.13. The van der Waals surface area contributed by atoms with Gasteiger partial charge in [0, 0.05) is 24.1 Å². The van der Waals surface area contributed by atoms with Gasteiger partial charge in [-0.2, -0.15) is 0 Å². The molecule has 0 atom stereocenters. The van der Waals surface area contributed by atoms with Crippen LogP contribution in [0.25, 0.3) is 5.69 Å². The van der Waals surface area contributed by atoms with Crippen molar-refractivity contribution >= 4 is 12.0 Å². The summed E-state index contributed by atoms with van der Waals surface area (Å²) < 4.78 is 1.82. The van der Waals surface area contributed by atoms with E-state index in [-0.39, 0.29) is 12.1 Å². The third-order valence-corrected chi connectivity index (χ3v) is 2.32. The van der Waals surface area contributed by atoms with Crippen molar-refractivity contribution in [2.75, 3.05) is 5.32 Å². The van der Waals surface area contributed by atoms with Crippen LogP contribution in [-0.2, 0) is 0 Å². The maximum atomic E-state index is 11.6. The Labute approximate surface area is 106 Å². The Morgan fingerprint density at radius 1 is 1.28 bits per heavy atom. The van der Waals surface area contributed by atoms with Crippen molar-refractivity contribution in [2.24, 2.45) is 0 Å². The standard InChI is InChI=1S/C13H16N4O/c1-10(2)15-13(18)16-12-14-8-9-17(12)11-6-4-3-5-7-11/h3-10H,1-2H3,(H2,14,15,16,18). The van der Waals surface area contributed by atoms with Gasteiger partial charge in [0.1, 0.15) is 0 Å². The van der Waals surface area contributed by atoms with Crippen LogP contribution in [0, 0.1) is 0 Å². The van der Waals surface area contributed by atoms with Crippen molar-refractivity contribution in [3.8, 4) is 5.69 Å². The molecule has 2 amide bonds. The van der Waals surface area contributed by atoms with Crippen molar-refractivity contribution in [1.29, 1.82) is 0 Å². The summed E-state index contributed by atoms with van der Waals surface area (Å²) in [5.41, 5.74) is 0.954. The van der Waals surface area contributed by atoms with Gasteiger partial charge in [-0.1, -0.05) is 18.2 Å². The van der Waals surface area contributed by atoms with Gasteiger partial charge in [0.2, 0.25) is 5.95 Å². The zero-order valence-corrected chi connectivity index (χ0v) is 10.4. The van der Waals surface area contributed by atoms with E-state index < -0.39 is 0 Å². The number of rotatable bonds is 3. The van der Waals surface area contributed by atoms with E-state index in [1.807, 2.05) is 48.7 Å². The molecule has 1 aromatic heterocycles. The Bertz CT molecular complexity index is 519. The smallest absolute Gasteiger partial charge is 0.321 e. The van der Waals surface area contributed by atoms with Gasteiger partial charge in [0.05, 0.1) is 0 Å².